The molecule has 0 radical (unpaired) electrons. The maximum absolute atomic E-state index is 10.8. The largest absolute Gasteiger partial charge is 0.370 e. The Kier molecular flexibility index (Phi) is 3.25. The molecule has 2 rings (SSSR count). The first-order valence-electron chi connectivity index (χ1n) is 5.82. The van der Waals surface area contributed by atoms with E-state index in [0.717, 1.165) is 12.0 Å². The normalized spacial score (nSPS) is 16.6. The first kappa shape index (κ1) is 11.1. The van der Waals surface area contributed by atoms with Crippen LogP contribution in [-0.2, 0) is 17.6 Å². The van der Waals surface area contributed by atoms with E-state index < -0.39 is 0 Å². The van der Waals surface area contributed by atoms with E-state index in [1.54, 1.807) is 0 Å². The maximum atomic E-state index is 10.8. The minimum atomic E-state index is -0.342. The fraction of sp³-hybridized carbons (Fsp3) is 0.462. The second-order valence-electron chi connectivity index (χ2n) is 4.51. The molecule has 1 atom stereocenters. The highest BCUT2D eigenvalue weighted by Gasteiger charge is 2.13. The summed E-state index contributed by atoms with van der Waals surface area (Å²) in [6, 6.07) is 6.05. The molecule has 1 aliphatic rings. The Morgan fingerprint density at radius 2 is 1.94 bits per heavy atom. The number of carbonyl (C=O) groups is 1. The minimum Gasteiger partial charge on any atom is -0.370 e. The van der Waals surface area contributed by atoms with Crippen molar-refractivity contribution in [2.24, 2.45) is 11.5 Å². The van der Waals surface area contributed by atoms with Crippen LogP contribution in [0.4, 0.5) is 0 Å². The summed E-state index contributed by atoms with van der Waals surface area (Å²) in [5.74, 6) is -0.342. The third kappa shape index (κ3) is 2.42. The number of primary amides is 1. The zero-order valence-corrected chi connectivity index (χ0v) is 9.41. The van der Waals surface area contributed by atoms with Crippen LogP contribution in [0.25, 0.3) is 0 Å². The first-order chi connectivity index (χ1) is 7.66. The van der Waals surface area contributed by atoms with Crippen molar-refractivity contribution in [1.29, 1.82) is 0 Å². The van der Waals surface area contributed by atoms with Gasteiger partial charge in [0.1, 0.15) is 0 Å². The summed E-state index contributed by atoms with van der Waals surface area (Å²) >= 11 is 0. The predicted molar refractivity (Wildman–Crippen MR) is 63.8 cm³/mol. The van der Waals surface area contributed by atoms with Gasteiger partial charge in [0.15, 0.2) is 0 Å². The third-order valence-corrected chi connectivity index (χ3v) is 3.22. The summed E-state index contributed by atoms with van der Waals surface area (Å²) in [7, 11) is 0. The Bertz CT molecular complexity index is 401. The number of benzene rings is 1. The van der Waals surface area contributed by atoms with Crippen molar-refractivity contribution < 1.29 is 4.79 Å². The number of amides is 1. The lowest BCUT2D eigenvalue weighted by molar-refractivity contribution is -0.118. The standard InChI is InChI=1S/C13H18N2O/c14-12(8-13(15)16)11-6-5-9-3-1-2-4-10(9)7-11/h5-7,12H,1-4,8,14H2,(H2,15,16). The molecule has 4 N–H and O–H groups in total. The number of fused-ring (bicyclic) bond motifs is 1. The molecule has 3 heteroatoms. The van der Waals surface area contributed by atoms with Gasteiger partial charge in [0.25, 0.3) is 0 Å². The first-order valence-corrected chi connectivity index (χ1v) is 5.82. The van der Waals surface area contributed by atoms with Crippen LogP contribution >= 0.6 is 0 Å². The molecule has 0 heterocycles. The summed E-state index contributed by atoms with van der Waals surface area (Å²) < 4.78 is 0. The van der Waals surface area contributed by atoms with Crippen LogP contribution < -0.4 is 11.5 Å². The molecule has 0 aliphatic heterocycles. The molecule has 1 amide bonds. The van der Waals surface area contributed by atoms with Crippen molar-refractivity contribution in [1.82, 2.24) is 0 Å². The van der Waals surface area contributed by atoms with Gasteiger partial charge in [0, 0.05) is 12.5 Å². The molecule has 3 nitrogen and oxygen atoms in total. The topological polar surface area (TPSA) is 69.1 Å². The second kappa shape index (κ2) is 4.66. The van der Waals surface area contributed by atoms with Crippen molar-refractivity contribution >= 4 is 5.91 Å². The van der Waals surface area contributed by atoms with Gasteiger partial charge in [-0.3, -0.25) is 4.79 Å². The zero-order valence-electron chi connectivity index (χ0n) is 9.41. The van der Waals surface area contributed by atoms with Crippen LogP contribution in [0.3, 0.4) is 0 Å². The van der Waals surface area contributed by atoms with E-state index in [9.17, 15) is 4.79 Å². The fourth-order valence-corrected chi connectivity index (χ4v) is 2.32. The predicted octanol–water partition coefficient (Wildman–Crippen LogP) is 1.44. The van der Waals surface area contributed by atoms with Crippen LogP contribution in [-0.4, -0.2) is 5.91 Å². The fourth-order valence-electron chi connectivity index (χ4n) is 2.32. The third-order valence-electron chi connectivity index (χ3n) is 3.22. The van der Waals surface area contributed by atoms with Crippen LogP contribution in [0.2, 0.25) is 0 Å². The Balaban J connectivity index is 2.19. The molecule has 86 valence electrons. The molecular weight excluding hydrogens is 200 g/mol. The molecule has 0 spiro atoms. The van der Waals surface area contributed by atoms with Crippen molar-refractivity contribution in [3.63, 3.8) is 0 Å². The molecular formula is C13H18N2O. The molecule has 1 aromatic rings. The molecule has 0 aromatic heterocycles. The van der Waals surface area contributed by atoms with Gasteiger partial charge in [-0.2, -0.15) is 0 Å². The summed E-state index contributed by atoms with van der Waals surface area (Å²) in [5.41, 5.74) is 14.9. The van der Waals surface area contributed by atoms with Crippen molar-refractivity contribution in [3.05, 3.63) is 34.9 Å². The molecule has 0 bridgehead atoms. The van der Waals surface area contributed by atoms with Gasteiger partial charge in [-0.05, 0) is 42.4 Å². The van der Waals surface area contributed by atoms with Gasteiger partial charge in [-0.25, -0.2) is 0 Å². The van der Waals surface area contributed by atoms with E-state index in [1.807, 2.05) is 6.07 Å². The van der Waals surface area contributed by atoms with Gasteiger partial charge in [0.05, 0.1) is 0 Å². The van der Waals surface area contributed by atoms with Crippen molar-refractivity contribution in [2.45, 2.75) is 38.1 Å². The monoisotopic (exact) mass is 218 g/mol. The van der Waals surface area contributed by atoms with E-state index in [1.165, 1.54) is 30.4 Å². The average molecular weight is 218 g/mol. The van der Waals surface area contributed by atoms with Gasteiger partial charge < -0.3 is 11.5 Å². The molecule has 16 heavy (non-hydrogen) atoms. The van der Waals surface area contributed by atoms with E-state index in [4.69, 9.17) is 11.5 Å². The average Bonchev–Trinajstić information content (AvgIpc) is 2.27. The number of rotatable bonds is 3. The lowest BCUT2D eigenvalue weighted by Gasteiger charge is -2.18. The number of aryl methyl sites for hydroxylation is 2. The highest BCUT2D eigenvalue weighted by Crippen LogP contribution is 2.24. The van der Waals surface area contributed by atoms with Crippen LogP contribution in [0.1, 0.15) is 42.0 Å². The van der Waals surface area contributed by atoms with Gasteiger partial charge in [0.2, 0.25) is 5.91 Å². The molecule has 1 aliphatic carbocycles. The number of nitrogens with two attached hydrogens (primary N) is 2. The number of hydrogen-bond acceptors (Lipinski definition) is 2. The maximum Gasteiger partial charge on any atom is 0.219 e. The van der Waals surface area contributed by atoms with Gasteiger partial charge in [-0.1, -0.05) is 18.2 Å². The Morgan fingerprint density at radius 1 is 1.25 bits per heavy atom. The van der Waals surface area contributed by atoms with Crippen LogP contribution in [0.5, 0.6) is 0 Å². The lowest BCUT2D eigenvalue weighted by atomic mass is 9.89. The SMILES string of the molecule is NC(=O)CC(N)c1ccc2c(c1)CCCC2. The summed E-state index contributed by atoms with van der Waals surface area (Å²) in [5, 5.41) is 0. The number of hydrogen-bond donors (Lipinski definition) is 2. The molecule has 1 unspecified atom stereocenters. The quantitative estimate of drug-likeness (QED) is 0.806. The van der Waals surface area contributed by atoms with Gasteiger partial charge in [-0.15, -0.1) is 0 Å². The van der Waals surface area contributed by atoms with E-state index >= 15 is 0 Å². The van der Waals surface area contributed by atoms with E-state index in [2.05, 4.69) is 12.1 Å². The zero-order chi connectivity index (χ0) is 11.5. The number of carbonyl (C=O) groups excluding carboxylic acids is 1. The molecule has 0 fully saturated rings. The van der Waals surface area contributed by atoms with Crippen molar-refractivity contribution in [3.8, 4) is 0 Å². The minimum absolute atomic E-state index is 0.221. The van der Waals surface area contributed by atoms with E-state index in [-0.39, 0.29) is 18.4 Å². The molecule has 0 saturated heterocycles. The highest BCUT2D eigenvalue weighted by atomic mass is 16.1. The van der Waals surface area contributed by atoms with Crippen LogP contribution in [0, 0.1) is 0 Å². The van der Waals surface area contributed by atoms with Crippen LogP contribution in [0.15, 0.2) is 18.2 Å². The smallest absolute Gasteiger partial charge is 0.219 e. The lowest BCUT2D eigenvalue weighted by Crippen LogP contribution is -2.21. The molecule has 0 saturated carbocycles. The van der Waals surface area contributed by atoms with Crippen molar-refractivity contribution in [2.75, 3.05) is 0 Å². The second-order valence-corrected chi connectivity index (χ2v) is 4.51. The summed E-state index contributed by atoms with van der Waals surface area (Å²) in [4.78, 5) is 10.8. The summed E-state index contributed by atoms with van der Waals surface area (Å²) in [6.45, 7) is 0. The Morgan fingerprint density at radius 3 is 2.62 bits per heavy atom. The van der Waals surface area contributed by atoms with E-state index in [0.29, 0.717) is 0 Å². The van der Waals surface area contributed by atoms with Gasteiger partial charge >= 0.3 is 0 Å². The summed E-state index contributed by atoms with van der Waals surface area (Å²) in [6.07, 6.45) is 5.05. The Labute approximate surface area is 95.8 Å². The highest BCUT2D eigenvalue weighted by molar-refractivity contribution is 5.74. The molecule has 1 aromatic carbocycles. The Hall–Kier alpha value is -1.35.